The van der Waals surface area contributed by atoms with Crippen LogP contribution >= 0.6 is 0 Å². The Morgan fingerprint density at radius 1 is 1.28 bits per heavy atom. The molecule has 1 aromatic rings. The molecular weight excluding hydrogens is 320 g/mol. The monoisotopic (exact) mass is 348 g/mol. The number of carbonyl (C=O) groups excluding carboxylic acids is 1. The molecule has 2 amide bonds. The molecule has 0 aromatic carbocycles. The Labute approximate surface area is 148 Å². The lowest BCUT2D eigenvalue weighted by molar-refractivity contribution is 0.0364. The molecule has 25 heavy (non-hydrogen) atoms. The molecule has 2 aliphatic heterocycles. The SMILES string of the molecule is CN(C(=O)N1CCOCC1)C1CCCN(Cc2cc(C3CC3)on2)C1. The zero-order valence-electron chi connectivity index (χ0n) is 15.0. The number of piperidine rings is 1. The van der Waals surface area contributed by atoms with E-state index in [-0.39, 0.29) is 12.1 Å². The third-order valence-corrected chi connectivity index (χ3v) is 5.55. The first kappa shape index (κ1) is 16.8. The fourth-order valence-corrected chi connectivity index (χ4v) is 3.82. The molecule has 0 N–H and O–H groups in total. The average Bonchev–Trinajstić information content (AvgIpc) is 3.41. The molecule has 1 aliphatic carbocycles. The van der Waals surface area contributed by atoms with E-state index in [4.69, 9.17) is 9.26 Å². The number of ether oxygens (including phenoxy) is 1. The molecule has 7 heteroatoms. The first-order valence-corrected chi connectivity index (χ1v) is 9.48. The summed E-state index contributed by atoms with van der Waals surface area (Å²) in [5.41, 5.74) is 1.02. The summed E-state index contributed by atoms with van der Waals surface area (Å²) in [5.74, 6) is 1.65. The lowest BCUT2D eigenvalue weighted by atomic mass is 10.0. The number of nitrogens with zero attached hydrogens (tertiary/aromatic N) is 4. The number of carbonyl (C=O) groups is 1. The largest absolute Gasteiger partial charge is 0.378 e. The van der Waals surface area contributed by atoms with E-state index >= 15 is 0 Å². The van der Waals surface area contributed by atoms with Gasteiger partial charge in [-0.15, -0.1) is 0 Å². The van der Waals surface area contributed by atoms with Crippen molar-refractivity contribution >= 4 is 6.03 Å². The highest BCUT2D eigenvalue weighted by molar-refractivity contribution is 5.74. The lowest BCUT2D eigenvalue weighted by Gasteiger charge is -2.40. The van der Waals surface area contributed by atoms with E-state index in [0.717, 1.165) is 43.9 Å². The number of amides is 2. The molecule has 2 saturated heterocycles. The second-order valence-electron chi connectivity index (χ2n) is 7.52. The van der Waals surface area contributed by atoms with Crippen LogP contribution in [0.2, 0.25) is 0 Å². The minimum absolute atomic E-state index is 0.132. The summed E-state index contributed by atoms with van der Waals surface area (Å²) in [6.07, 6.45) is 4.64. The summed E-state index contributed by atoms with van der Waals surface area (Å²) in [6.45, 7) is 5.45. The Bertz CT molecular complexity index is 595. The van der Waals surface area contributed by atoms with E-state index in [1.165, 1.54) is 12.8 Å². The zero-order chi connectivity index (χ0) is 17.2. The molecule has 0 spiro atoms. The highest BCUT2D eigenvalue weighted by Crippen LogP contribution is 2.40. The van der Waals surface area contributed by atoms with Crippen LogP contribution in [0.25, 0.3) is 0 Å². The summed E-state index contributed by atoms with van der Waals surface area (Å²) in [5, 5.41) is 4.23. The molecule has 0 bridgehead atoms. The second kappa shape index (κ2) is 7.33. The normalized spacial score (nSPS) is 25.2. The number of urea groups is 1. The van der Waals surface area contributed by atoms with Crippen molar-refractivity contribution in [2.24, 2.45) is 0 Å². The number of hydrogen-bond donors (Lipinski definition) is 0. The minimum atomic E-state index is 0.132. The molecule has 1 saturated carbocycles. The number of rotatable bonds is 4. The van der Waals surface area contributed by atoms with Crippen molar-refractivity contribution in [2.45, 2.75) is 44.2 Å². The van der Waals surface area contributed by atoms with Gasteiger partial charge in [0.1, 0.15) is 5.76 Å². The molecule has 1 aromatic heterocycles. The molecule has 3 heterocycles. The summed E-state index contributed by atoms with van der Waals surface area (Å²) < 4.78 is 10.8. The highest BCUT2D eigenvalue weighted by Gasteiger charge is 2.31. The van der Waals surface area contributed by atoms with Crippen LogP contribution in [-0.4, -0.2) is 78.4 Å². The number of morpholine rings is 1. The topological polar surface area (TPSA) is 62.1 Å². The zero-order valence-corrected chi connectivity index (χ0v) is 15.0. The van der Waals surface area contributed by atoms with E-state index in [0.29, 0.717) is 32.2 Å². The summed E-state index contributed by atoms with van der Waals surface area (Å²) in [4.78, 5) is 18.9. The fraction of sp³-hybridized carbons (Fsp3) is 0.778. The van der Waals surface area contributed by atoms with Crippen LogP contribution in [0.4, 0.5) is 4.79 Å². The van der Waals surface area contributed by atoms with Crippen molar-refractivity contribution in [1.82, 2.24) is 19.9 Å². The van der Waals surface area contributed by atoms with Gasteiger partial charge in [0.2, 0.25) is 0 Å². The van der Waals surface area contributed by atoms with Crippen molar-refractivity contribution in [3.05, 3.63) is 17.5 Å². The van der Waals surface area contributed by atoms with Crippen molar-refractivity contribution in [3.8, 4) is 0 Å². The summed E-state index contributed by atoms with van der Waals surface area (Å²) in [7, 11) is 1.94. The maximum atomic E-state index is 12.7. The number of likely N-dealkylation sites (tertiary alicyclic amines) is 1. The van der Waals surface area contributed by atoms with Gasteiger partial charge >= 0.3 is 6.03 Å². The van der Waals surface area contributed by atoms with Crippen molar-refractivity contribution in [3.63, 3.8) is 0 Å². The average molecular weight is 348 g/mol. The fourth-order valence-electron chi connectivity index (χ4n) is 3.82. The Balaban J connectivity index is 1.32. The standard InChI is InChI=1S/C18H28N4O3/c1-20(18(23)22-7-9-24-10-8-22)16-3-2-6-21(13-16)12-15-11-17(25-19-15)14-4-5-14/h11,14,16H,2-10,12-13H2,1H3. The van der Waals surface area contributed by atoms with Gasteiger partial charge in [-0.25, -0.2) is 4.79 Å². The Hall–Kier alpha value is -1.60. The van der Waals surface area contributed by atoms with Crippen LogP contribution in [-0.2, 0) is 11.3 Å². The molecule has 0 radical (unpaired) electrons. The van der Waals surface area contributed by atoms with Gasteiger partial charge in [-0.2, -0.15) is 0 Å². The molecule has 7 nitrogen and oxygen atoms in total. The number of likely N-dealkylation sites (N-methyl/N-ethyl adjacent to an activating group) is 1. The molecular formula is C18H28N4O3. The quantitative estimate of drug-likeness (QED) is 0.832. The third kappa shape index (κ3) is 3.98. The summed E-state index contributed by atoms with van der Waals surface area (Å²) >= 11 is 0. The maximum Gasteiger partial charge on any atom is 0.320 e. The second-order valence-corrected chi connectivity index (χ2v) is 7.52. The lowest BCUT2D eigenvalue weighted by Crippen LogP contribution is -2.54. The minimum Gasteiger partial charge on any atom is -0.378 e. The first-order valence-electron chi connectivity index (χ1n) is 9.48. The van der Waals surface area contributed by atoms with Crippen LogP contribution < -0.4 is 0 Å². The van der Waals surface area contributed by atoms with Gasteiger partial charge in [-0.3, -0.25) is 4.90 Å². The molecule has 3 fully saturated rings. The molecule has 1 atom stereocenters. The van der Waals surface area contributed by atoms with Crippen molar-refractivity contribution in [1.29, 1.82) is 0 Å². The summed E-state index contributed by atoms with van der Waals surface area (Å²) in [6, 6.07) is 2.51. The van der Waals surface area contributed by atoms with Gasteiger partial charge in [-0.1, -0.05) is 5.16 Å². The van der Waals surface area contributed by atoms with Crippen molar-refractivity contribution in [2.75, 3.05) is 46.4 Å². The van der Waals surface area contributed by atoms with Crippen LogP contribution in [0, 0.1) is 0 Å². The van der Waals surface area contributed by atoms with Crippen LogP contribution in [0.15, 0.2) is 10.6 Å². The Morgan fingerprint density at radius 3 is 2.84 bits per heavy atom. The van der Waals surface area contributed by atoms with Gasteiger partial charge in [0.15, 0.2) is 0 Å². The number of hydrogen-bond acceptors (Lipinski definition) is 5. The molecule has 3 aliphatic rings. The molecule has 1 unspecified atom stereocenters. The highest BCUT2D eigenvalue weighted by atomic mass is 16.5. The van der Waals surface area contributed by atoms with E-state index in [2.05, 4.69) is 16.1 Å². The maximum absolute atomic E-state index is 12.7. The van der Waals surface area contributed by atoms with Crippen LogP contribution in [0.3, 0.4) is 0 Å². The van der Waals surface area contributed by atoms with Crippen LogP contribution in [0.5, 0.6) is 0 Å². The molecule has 138 valence electrons. The molecule has 4 rings (SSSR count). The third-order valence-electron chi connectivity index (χ3n) is 5.55. The first-order chi connectivity index (χ1) is 12.2. The predicted octanol–water partition coefficient (Wildman–Crippen LogP) is 1.90. The van der Waals surface area contributed by atoms with E-state index in [9.17, 15) is 4.79 Å². The van der Waals surface area contributed by atoms with Gasteiger partial charge in [-0.05, 0) is 32.2 Å². The van der Waals surface area contributed by atoms with Gasteiger partial charge in [0, 0.05) is 51.3 Å². The van der Waals surface area contributed by atoms with Gasteiger partial charge in [0.05, 0.1) is 18.9 Å². The van der Waals surface area contributed by atoms with Gasteiger partial charge < -0.3 is 19.1 Å². The Kier molecular flexibility index (Phi) is 4.94. The Morgan fingerprint density at radius 2 is 2.08 bits per heavy atom. The number of aromatic nitrogens is 1. The smallest absolute Gasteiger partial charge is 0.320 e. The van der Waals surface area contributed by atoms with Crippen molar-refractivity contribution < 1.29 is 14.1 Å². The van der Waals surface area contributed by atoms with Gasteiger partial charge in [0.25, 0.3) is 0 Å². The predicted molar refractivity (Wildman–Crippen MR) is 92.3 cm³/mol. The van der Waals surface area contributed by atoms with E-state index < -0.39 is 0 Å². The van der Waals surface area contributed by atoms with E-state index in [1.54, 1.807) is 0 Å². The van der Waals surface area contributed by atoms with E-state index in [1.807, 2.05) is 16.8 Å². The van der Waals surface area contributed by atoms with Crippen LogP contribution in [0.1, 0.15) is 43.1 Å².